The van der Waals surface area contributed by atoms with Crippen LogP contribution in [0.15, 0.2) is 41.2 Å². The molecule has 0 fully saturated rings. The van der Waals surface area contributed by atoms with Gasteiger partial charge >= 0.3 is 0 Å². The zero-order valence-corrected chi connectivity index (χ0v) is 14.8. The van der Waals surface area contributed by atoms with E-state index < -0.39 is 26.8 Å². The molecule has 0 radical (unpaired) electrons. The molecule has 10 heteroatoms. The lowest BCUT2D eigenvalue weighted by Crippen LogP contribution is -2.23. The second kappa shape index (κ2) is 6.20. The predicted octanol–water partition coefficient (Wildman–Crippen LogP) is 3.12. The Kier molecular flexibility index (Phi) is 4.20. The number of nitro benzene ring substituents is 2. The van der Waals surface area contributed by atoms with Gasteiger partial charge < -0.3 is 0 Å². The van der Waals surface area contributed by atoms with Crippen molar-refractivity contribution in [3.63, 3.8) is 0 Å². The van der Waals surface area contributed by atoms with E-state index in [-0.39, 0.29) is 11.5 Å². The second-order valence-corrected chi connectivity index (χ2v) is 6.39. The minimum absolute atomic E-state index is 0.0636. The topological polar surface area (TPSA) is 121 Å². The fraction of sp³-hybridized carbons (Fsp3) is 0.0667. The first-order valence-electron chi connectivity index (χ1n) is 6.91. The lowest BCUT2D eigenvalue weighted by Gasteiger charge is -2.11. The fourth-order valence-corrected chi connectivity index (χ4v) is 3.00. The first kappa shape index (κ1) is 17.0. The monoisotopic (exact) mass is 452 g/mol. The molecule has 0 saturated carbocycles. The zero-order valence-electron chi connectivity index (χ0n) is 12.7. The Morgan fingerprint density at radius 2 is 1.80 bits per heavy atom. The number of nitro groups is 2. The molecule has 25 heavy (non-hydrogen) atoms. The van der Waals surface area contributed by atoms with Crippen molar-refractivity contribution < 1.29 is 9.85 Å². The van der Waals surface area contributed by atoms with Crippen molar-refractivity contribution in [1.29, 1.82) is 0 Å². The van der Waals surface area contributed by atoms with E-state index >= 15 is 0 Å². The average Bonchev–Trinajstić information content (AvgIpc) is 2.55. The summed E-state index contributed by atoms with van der Waals surface area (Å²) >= 11 is 2.05. The molecule has 0 unspecified atom stereocenters. The summed E-state index contributed by atoms with van der Waals surface area (Å²) in [5.74, 6) is 0.246. The van der Waals surface area contributed by atoms with E-state index in [1.807, 2.05) is 22.6 Å². The Labute approximate surface area is 153 Å². The van der Waals surface area contributed by atoms with Crippen LogP contribution in [-0.4, -0.2) is 19.4 Å². The van der Waals surface area contributed by atoms with Crippen molar-refractivity contribution in [3.05, 3.63) is 76.4 Å². The smallest absolute Gasteiger partial charge is 0.268 e. The van der Waals surface area contributed by atoms with Crippen LogP contribution in [0.4, 0.5) is 11.4 Å². The van der Waals surface area contributed by atoms with Gasteiger partial charge in [-0.2, -0.15) is 0 Å². The number of hydrogen-bond donors (Lipinski definition) is 0. The van der Waals surface area contributed by atoms with E-state index in [0.29, 0.717) is 10.9 Å². The van der Waals surface area contributed by atoms with Gasteiger partial charge in [0, 0.05) is 9.64 Å². The van der Waals surface area contributed by atoms with E-state index in [2.05, 4.69) is 4.98 Å². The number of rotatable bonds is 3. The normalized spacial score (nSPS) is 10.8. The largest absolute Gasteiger partial charge is 0.300 e. The van der Waals surface area contributed by atoms with Crippen LogP contribution >= 0.6 is 22.6 Å². The Morgan fingerprint density at radius 3 is 2.44 bits per heavy atom. The number of hydrogen-bond acceptors (Lipinski definition) is 6. The zero-order chi connectivity index (χ0) is 18.3. The van der Waals surface area contributed by atoms with Crippen LogP contribution in [0.1, 0.15) is 5.82 Å². The van der Waals surface area contributed by atoms with Crippen LogP contribution in [0.2, 0.25) is 0 Å². The maximum absolute atomic E-state index is 12.9. The Hall–Kier alpha value is -2.89. The van der Waals surface area contributed by atoms with Crippen molar-refractivity contribution in [2.75, 3.05) is 0 Å². The van der Waals surface area contributed by atoms with Gasteiger partial charge in [0.05, 0.1) is 26.8 Å². The van der Waals surface area contributed by atoms with E-state index in [4.69, 9.17) is 0 Å². The molecular formula is C15H9IN4O5. The molecule has 0 aliphatic heterocycles. The van der Waals surface area contributed by atoms with Gasteiger partial charge in [-0.05, 0) is 53.8 Å². The summed E-state index contributed by atoms with van der Waals surface area (Å²) in [5.41, 5.74) is -1.02. The summed E-state index contributed by atoms with van der Waals surface area (Å²) in [6, 6.07) is 8.27. The van der Waals surface area contributed by atoms with Gasteiger partial charge in [0.25, 0.3) is 16.9 Å². The number of halogens is 1. The first-order valence-corrected chi connectivity index (χ1v) is 7.99. The number of aromatic nitrogens is 2. The summed E-state index contributed by atoms with van der Waals surface area (Å²) in [6.45, 7) is 1.55. The molecule has 0 aliphatic rings. The third-order valence-corrected chi connectivity index (χ3v) is 4.28. The molecule has 0 N–H and O–H groups in total. The standard InChI is InChI=1S/C15H9IN4O5/c1-8-17-12-4-2-9(16)6-11(12)15(21)18(8)13-5-3-10(19(22)23)7-14(13)20(24)25/h2-7H,1H3. The van der Waals surface area contributed by atoms with Gasteiger partial charge in [-0.25, -0.2) is 4.98 Å². The van der Waals surface area contributed by atoms with Gasteiger partial charge in [-0.1, -0.05) is 0 Å². The van der Waals surface area contributed by atoms with E-state index in [1.165, 1.54) is 6.07 Å². The van der Waals surface area contributed by atoms with Crippen LogP contribution in [0, 0.1) is 30.7 Å². The van der Waals surface area contributed by atoms with Crippen molar-refractivity contribution in [3.8, 4) is 5.69 Å². The Morgan fingerprint density at radius 1 is 1.08 bits per heavy atom. The summed E-state index contributed by atoms with van der Waals surface area (Å²) in [4.78, 5) is 37.9. The molecule has 0 saturated heterocycles. The van der Waals surface area contributed by atoms with Crippen molar-refractivity contribution >= 4 is 44.9 Å². The van der Waals surface area contributed by atoms with Crippen LogP contribution in [0.5, 0.6) is 0 Å². The molecule has 0 atom stereocenters. The molecular weight excluding hydrogens is 443 g/mol. The highest BCUT2D eigenvalue weighted by Gasteiger charge is 2.23. The molecule has 0 amide bonds. The van der Waals surface area contributed by atoms with Gasteiger partial charge in [-0.3, -0.25) is 29.6 Å². The molecule has 0 bridgehead atoms. The van der Waals surface area contributed by atoms with Gasteiger partial charge in [0.1, 0.15) is 11.5 Å². The van der Waals surface area contributed by atoms with E-state index in [0.717, 1.165) is 20.3 Å². The molecule has 1 aromatic heterocycles. The quantitative estimate of drug-likeness (QED) is 0.342. The second-order valence-electron chi connectivity index (χ2n) is 5.15. The highest BCUT2D eigenvalue weighted by molar-refractivity contribution is 14.1. The van der Waals surface area contributed by atoms with Crippen molar-refractivity contribution in [2.45, 2.75) is 6.92 Å². The molecule has 1 heterocycles. The summed E-state index contributed by atoms with van der Waals surface area (Å²) < 4.78 is 1.91. The van der Waals surface area contributed by atoms with Crippen LogP contribution in [0.3, 0.4) is 0 Å². The van der Waals surface area contributed by atoms with Gasteiger partial charge in [0.2, 0.25) is 0 Å². The minimum atomic E-state index is -0.757. The van der Waals surface area contributed by atoms with Crippen LogP contribution in [-0.2, 0) is 0 Å². The summed E-state index contributed by atoms with van der Waals surface area (Å²) in [6.07, 6.45) is 0. The highest BCUT2D eigenvalue weighted by atomic mass is 127. The third kappa shape index (κ3) is 2.95. The molecule has 0 aliphatic carbocycles. The van der Waals surface area contributed by atoms with Crippen LogP contribution < -0.4 is 5.56 Å². The SMILES string of the molecule is Cc1nc2ccc(I)cc2c(=O)n1-c1ccc([N+](=O)[O-])cc1[N+](=O)[O-]. The van der Waals surface area contributed by atoms with E-state index in [1.54, 1.807) is 25.1 Å². The predicted molar refractivity (Wildman–Crippen MR) is 98.1 cm³/mol. The first-order chi connectivity index (χ1) is 11.8. The lowest BCUT2D eigenvalue weighted by molar-refractivity contribution is -0.394. The van der Waals surface area contributed by atoms with Gasteiger partial charge in [0.15, 0.2) is 0 Å². The average molecular weight is 452 g/mol. The minimum Gasteiger partial charge on any atom is -0.268 e. The molecule has 0 spiro atoms. The molecule has 9 nitrogen and oxygen atoms in total. The summed E-state index contributed by atoms with van der Waals surface area (Å²) in [7, 11) is 0. The fourth-order valence-electron chi connectivity index (χ4n) is 2.51. The summed E-state index contributed by atoms with van der Waals surface area (Å²) in [5, 5.41) is 22.5. The Bertz CT molecular complexity index is 1110. The number of benzene rings is 2. The maximum atomic E-state index is 12.9. The number of fused-ring (bicyclic) bond motifs is 1. The van der Waals surface area contributed by atoms with Gasteiger partial charge in [-0.15, -0.1) is 0 Å². The molecule has 3 aromatic rings. The Balaban J connectivity index is 2.39. The number of non-ortho nitro benzene ring substituents is 1. The molecule has 2 aromatic carbocycles. The highest BCUT2D eigenvalue weighted by Crippen LogP contribution is 2.28. The maximum Gasteiger partial charge on any atom is 0.300 e. The lowest BCUT2D eigenvalue weighted by atomic mass is 10.2. The van der Waals surface area contributed by atoms with Crippen LogP contribution in [0.25, 0.3) is 16.6 Å². The van der Waals surface area contributed by atoms with E-state index in [9.17, 15) is 25.0 Å². The van der Waals surface area contributed by atoms with Crippen molar-refractivity contribution in [2.24, 2.45) is 0 Å². The molecule has 126 valence electrons. The van der Waals surface area contributed by atoms with Crippen molar-refractivity contribution in [1.82, 2.24) is 9.55 Å². The number of nitrogens with zero attached hydrogens (tertiary/aromatic N) is 4. The molecule has 3 rings (SSSR count). The third-order valence-electron chi connectivity index (χ3n) is 3.61. The number of aryl methyl sites for hydroxylation is 1.